The highest BCUT2D eigenvalue weighted by Crippen LogP contribution is 2.42. The average Bonchev–Trinajstić information content (AvgIpc) is 2.31. The number of rotatable bonds is 7. The van der Waals surface area contributed by atoms with Crippen molar-refractivity contribution in [1.29, 1.82) is 0 Å². The maximum atomic E-state index is 12.2. The first kappa shape index (κ1) is 17.0. The van der Waals surface area contributed by atoms with Crippen LogP contribution in [0.5, 0.6) is 0 Å². The molecule has 0 heterocycles. The highest BCUT2D eigenvalue weighted by Gasteiger charge is 2.38. The molecule has 1 saturated carbocycles. The van der Waals surface area contributed by atoms with Crippen LogP contribution in [0, 0.1) is 11.3 Å². The Morgan fingerprint density at radius 2 is 1.90 bits per heavy atom. The number of amides is 2. The van der Waals surface area contributed by atoms with Crippen molar-refractivity contribution >= 4 is 11.8 Å². The predicted molar refractivity (Wildman–Crippen MR) is 80.0 cm³/mol. The molecule has 5 nitrogen and oxygen atoms in total. The molecule has 20 heavy (non-hydrogen) atoms. The zero-order valence-corrected chi connectivity index (χ0v) is 13.2. The van der Waals surface area contributed by atoms with E-state index in [4.69, 9.17) is 5.73 Å². The molecule has 0 spiro atoms. The minimum absolute atomic E-state index is 0.0202. The van der Waals surface area contributed by atoms with Crippen LogP contribution in [0.4, 0.5) is 0 Å². The normalized spacial score (nSPS) is 18.3. The van der Waals surface area contributed by atoms with Gasteiger partial charge in [-0.2, -0.15) is 0 Å². The summed E-state index contributed by atoms with van der Waals surface area (Å²) in [4.78, 5) is 25.8. The van der Waals surface area contributed by atoms with Gasteiger partial charge in [0.25, 0.3) is 0 Å². The summed E-state index contributed by atoms with van der Waals surface area (Å²) in [5, 5.41) is 2.90. The lowest BCUT2D eigenvalue weighted by Gasteiger charge is -2.40. The van der Waals surface area contributed by atoms with Crippen molar-refractivity contribution in [2.75, 3.05) is 20.6 Å². The Morgan fingerprint density at radius 3 is 2.25 bits per heavy atom. The minimum Gasteiger partial charge on any atom is -0.347 e. The number of likely N-dealkylation sites (N-methyl/N-ethyl adjacent to an activating group) is 1. The highest BCUT2D eigenvalue weighted by atomic mass is 16.2. The van der Waals surface area contributed by atoms with Crippen LogP contribution in [0.2, 0.25) is 0 Å². The van der Waals surface area contributed by atoms with E-state index in [1.165, 1.54) is 4.90 Å². The summed E-state index contributed by atoms with van der Waals surface area (Å²) in [5.41, 5.74) is 5.76. The second-order valence-electron chi connectivity index (χ2n) is 6.72. The van der Waals surface area contributed by atoms with Crippen LogP contribution in [-0.2, 0) is 9.59 Å². The van der Waals surface area contributed by atoms with Crippen molar-refractivity contribution in [3.05, 3.63) is 0 Å². The van der Waals surface area contributed by atoms with Crippen LogP contribution >= 0.6 is 0 Å². The van der Waals surface area contributed by atoms with Crippen LogP contribution in [0.3, 0.4) is 0 Å². The maximum Gasteiger partial charge on any atom is 0.244 e. The van der Waals surface area contributed by atoms with Crippen molar-refractivity contribution in [3.8, 4) is 0 Å². The first-order valence-electron chi connectivity index (χ1n) is 7.50. The Bertz CT molecular complexity index is 344. The molecule has 0 aromatic rings. The summed E-state index contributed by atoms with van der Waals surface area (Å²) in [6.07, 6.45) is 4.30. The van der Waals surface area contributed by atoms with E-state index in [0.717, 1.165) is 19.3 Å². The lowest BCUT2D eigenvalue weighted by Crippen LogP contribution is -2.49. The van der Waals surface area contributed by atoms with Gasteiger partial charge in [0.2, 0.25) is 11.8 Å². The van der Waals surface area contributed by atoms with Crippen molar-refractivity contribution < 1.29 is 9.59 Å². The molecule has 0 bridgehead atoms. The summed E-state index contributed by atoms with van der Waals surface area (Å²) in [6.45, 7) is 4.65. The second kappa shape index (κ2) is 7.07. The number of nitrogens with zero attached hydrogens (tertiary/aromatic N) is 1. The molecule has 1 rings (SSSR count). The molecule has 0 aromatic carbocycles. The number of hydrogen-bond donors (Lipinski definition) is 2. The first-order chi connectivity index (χ1) is 9.29. The number of hydrogen-bond acceptors (Lipinski definition) is 3. The molecule has 116 valence electrons. The summed E-state index contributed by atoms with van der Waals surface area (Å²) in [5.74, 6) is 0.273. The highest BCUT2D eigenvalue weighted by molar-refractivity contribution is 5.87. The van der Waals surface area contributed by atoms with E-state index in [2.05, 4.69) is 19.2 Å². The molecule has 1 fully saturated rings. The molecule has 1 aliphatic carbocycles. The van der Waals surface area contributed by atoms with Gasteiger partial charge < -0.3 is 16.0 Å². The van der Waals surface area contributed by atoms with E-state index in [1.54, 1.807) is 14.1 Å². The summed E-state index contributed by atoms with van der Waals surface area (Å²) < 4.78 is 0. The van der Waals surface area contributed by atoms with E-state index in [0.29, 0.717) is 25.3 Å². The molecule has 3 N–H and O–H groups in total. The van der Waals surface area contributed by atoms with Crippen molar-refractivity contribution in [2.45, 2.75) is 52.0 Å². The molecule has 0 aliphatic heterocycles. The summed E-state index contributed by atoms with van der Waals surface area (Å²) in [6, 6.07) is -0.424. The molecule has 1 atom stereocenters. The molecule has 1 unspecified atom stereocenters. The monoisotopic (exact) mass is 283 g/mol. The van der Waals surface area contributed by atoms with Crippen molar-refractivity contribution in [2.24, 2.45) is 17.1 Å². The first-order valence-corrected chi connectivity index (χ1v) is 7.50. The number of nitrogens with one attached hydrogen (secondary N) is 1. The van der Waals surface area contributed by atoms with Gasteiger partial charge in [-0.05, 0) is 37.1 Å². The lowest BCUT2D eigenvalue weighted by atomic mass is 9.66. The molecule has 0 radical (unpaired) electrons. The van der Waals surface area contributed by atoms with E-state index in [1.807, 2.05) is 0 Å². The molecular weight excluding hydrogens is 254 g/mol. The largest absolute Gasteiger partial charge is 0.347 e. The van der Waals surface area contributed by atoms with Gasteiger partial charge in [0.15, 0.2) is 0 Å². The molecular formula is C15H29N3O2. The van der Waals surface area contributed by atoms with Gasteiger partial charge >= 0.3 is 0 Å². The summed E-state index contributed by atoms with van der Waals surface area (Å²) in [7, 11) is 3.43. The Morgan fingerprint density at radius 1 is 1.30 bits per heavy atom. The van der Waals surface area contributed by atoms with Gasteiger partial charge in [0.1, 0.15) is 6.04 Å². The Hall–Kier alpha value is -1.10. The van der Waals surface area contributed by atoms with E-state index in [-0.39, 0.29) is 17.2 Å². The predicted octanol–water partition coefficient (Wildman–Crippen LogP) is 1.12. The Balaban J connectivity index is 2.59. The van der Waals surface area contributed by atoms with E-state index < -0.39 is 6.04 Å². The zero-order valence-electron chi connectivity index (χ0n) is 13.2. The fraction of sp³-hybridized carbons (Fsp3) is 0.867. The molecule has 1 aliphatic rings. The van der Waals surface area contributed by atoms with Crippen LogP contribution in [-0.4, -0.2) is 43.4 Å². The third-order valence-corrected chi connectivity index (χ3v) is 4.16. The van der Waals surface area contributed by atoms with Gasteiger partial charge in [-0.15, -0.1) is 0 Å². The van der Waals surface area contributed by atoms with Gasteiger partial charge in [-0.1, -0.05) is 20.3 Å². The standard InChI is InChI=1S/C15H29N3O2/c1-11(2)8-12(14(20)18(3)4)17-13(19)9-15(10-16)6-5-7-15/h11-12H,5-10,16H2,1-4H3,(H,17,19). The van der Waals surface area contributed by atoms with Gasteiger partial charge in [-0.3, -0.25) is 9.59 Å². The van der Waals surface area contributed by atoms with E-state index in [9.17, 15) is 9.59 Å². The second-order valence-corrected chi connectivity index (χ2v) is 6.72. The van der Waals surface area contributed by atoms with Gasteiger partial charge in [0.05, 0.1) is 0 Å². The lowest BCUT2D eigenvalue weighted by molar-refractivity contribution is -0.136. The molecule has 2 amide bonds. The SMILES string of the molecule is CC(C)CC(NC(=O)CC1(CN)CCC1)C(=O)N(C)C. The van der Waals surface area contributed by atoms with Gasteiger partial charge in [0, 0.05) is 20.5 Å². The fourth-order valence-electron chi connectivity index (χ4n) is 2.72. The molecule has 0 aromatic heterocycles. The third-order valence-electron chi connectivity index (χ3n) is 4.16. The minimum atomic E-state index is -0.424. The molecule has 0 saturated heterocycles. The van der Waals surface area contributed by atoms with Crippen LogP contribution in [0.25, 0.3) is 0 Å². The van der Waals surface area contributed by atoms with Crippen LogP contribution < -0.4 is 11.1 Å². The van der Waals surface area contributed by atoms with Gasteiger partial charge in [-0.25, -0.2) is 0 Å². The third kappa shape index (κ3) is 4.47. The smallest absolute Gasteiger partial charge is 0.244 e. The number of carbonyl (C=O) groups excluding carboxylic acids is 2. The molecule has 5 heteroatoms. The number of nitrogens with two attached hydrogens (primary N) is 1. The Labute approximate surface area is 122 Å². The zero-order chi connectivity index (χ0) is 15.3. The quantitative estimate of drug-likeness (QED) is 0.735. The average molecular weight is 283 g/mol. The topological polar surface area (TPSA) is 75.4 Å². The maximum absolute atomic E-state index is 12.2. The number of carbonyl (C=O) groups is 2. The Kier molecular flexibility index (Phi) is 5.99. The van der Waals surface area contributed by atoms with Crippen LogP contribution in [0.1, 0.15) is 46.0 Å². The van der Waals surface area contributed by atoms with Crippen molar-refractivity contribution in [1.82, 2.24) is 10.2 Å². The fourth-order valence-corrected chi connectivity index (χ4v) is 2.72. The van der Waals surface area contributed by atoms with Crippen molar-refractivity contribution in [3.63, 3.8) is 0 Å². The van der Waals surface area contributed by atoms with E-state index >= 15 is 0 Å². The van der Waals surface area contributed by atoms with Crippen LogP contribution in [0.15, 0.2) is 0 Å². The summed E-state index contributed by atoms with van der Waals surface area (Å²) >= 11 is 0.